The number of fused-ring (bicyclic) bond motifs is 5. The number of hydrogen-bond acceptors (Lipinski definition) is 4. The molecule has 0 fully saturated rings. The van der Waals surface area contributed by atoms with Crippen LogP contribution in [0.4, 0.5) is 0 Å². The molecule has 0 saturated heterocycles. The van der Waals surface area contributed by atoms with Gasteiger partial charge in [-0.2, -0.15) is 0 Å². The molecule has 0 atom stereocenters. The molecular formula is C42H26N4. The third-order valence-corrected chi connectivity index (χ3v) is 8.72. The Balaban J connectivity index is 1.08. The van der Waals surface area contributed by atoms with Gasteiger partial charge >= 0.3 is 0 Å². The zero-order valence-electron chi connectivity index (χ0n) is 24.8. The molecule has 214 valence electrons. The van der Waals surface area contributed by atoms with Crippen molar-refractivity contribution < 1.29 is 0 Å². The van der Waals surface area contributed by atoms with Crippen molar-refractivity contribution in [2.75, 3.05) is 0 Å². The Morgan fingerprint density at radius 1 is 0.326 bits per heavy atom. The van der Waals surface area contributed by atoms with Crippen LogP contribution in [0.15, 0.2) is 158 Å². The molecule has 0 N–H and O–H groups in total. The summed E-state index contributed by atoms with van der Waals surface area (Å²) in [6.45, 7) is 0. The minimum absolute atomic E-state index is 0.899. The maximum atomic E-state index is 5.21. The lowest BCUT2D eigenvalue weighted by Gasteiger charge is -2.13. The highest BCUT2D eigenvalue weighted by atomic mass is 14.8. The second-order valence-electron chi connectivity index (χ2n) is 11.5. The number of pyridine rings is 4. The first-order valence-corrected chi connectivity index (χ1v) is 15.4. The van der Waals surface area contributed by atoms with Gasteiger partial charge in [-0.15, -0.1) is 0 Å². The average molecular weight is 587 g/mol. The van der Waals surface area contributed by atoms with E-state index in [-0.39, 0.29) is 0 Å². The number of rotatable bonds is 4. The third kappa shape index (κ3) is 4.47. The van der Waals surface area contributed by atoms with E-state index >= 15 is 0 Å². The minimum Gasteiger partial charge on any atom is -0.255 e. The van der Waals surface area contributed by atoms with Gasteiger partial charge in [-0.3, -0.25) is 4.98 Å². The van der Waals surface area contributed by atoms with Gasteiger partial charge < -0.3 is 0 Å². The van der Waals surface area contributed by atoms with Gasteiger partial charge in [-0.1, -0.05) is 115 Å². The van der Waals surface area contributed by atoms with Crippen LogP contribution < -0.4 is 0 Å². The maximum Gasteiger partial charge on any atom is 0.0978 e. The highest BCUT2D eigenvalue weighted by Crippen LogP contribution is 2.37. The van der Waals surface area contributed by atoms with Crippen molar-refractivity contribution in [3.8, 4) is 44.8 Å². The van der Waals surface area contributed by atoms with Gasteiger partial charge in [0.2, 0.25) is 0 Å². The van der Waals surface area contributed by atoms with E-state index in [0.29, 0.717) is 0 Å². The second kappa shape index (κ2) is 10.7. The second-order valence-corrected chi connectivity index (χ2v) is 11.5. The summed E-state index contributed by atoms with van der Waals surface area (Å²) in [7, 11) is 0. The molecule has 0 bridgehead atoms. The van der Waals surface area contributed by atoms with Gasteiger partial charge in [0, 0.05) is 39.0 Å². The van der Waals surface area contributed by atoms with E-state index < -0.39 is 0 Å². The van der Waals surface area contributed by atoms with Gasteiger partial charge in [0.25, 0.3) is 0 Å². The molecule has 5 aromatic carbocycles. The summed E-state index contributed by atoms with van der Waals surface area (Å²) in [6.07, 6.45) is 1.79. The monoisotopic (exact) mass is 586 g/mol. The Hall–Kier alpha value is -6.26. The summed E-state index contributed by atoms with van der Waals surface area (Å²) in [6, 6.07) is 52.7. The molecule has 4 heterocycles. The standard InChI is InChI=1S/C42H26N4/c1-2-7-31(8-3-1)40-33-9-4-5-10-37(33)46-42-34(40)22-20-32-21-23-36(45-41(32)42)30-18-14-28(15-19-30)27-12-16-29(17-13-27)35-24-25-38-39(44-35)11-6-26-43-38/h1-26H. The van der Waals surface area contributed by atoms with Gasteiger partial charge in [-0.25, -0.2) is 15.0 Å². The summed E-state index contributed by atoms with van der Waals surface area (Å²) in [4.78, 5) is 19.5. The van der Waals surface area contributed by atoms with Crippen LogP contribution in [0.2, 0.25) is 0 Å². The summed E-state index contributed by atoms with van der Waals surface area (Å²) >= 11 is 0. The highest BCUT2D eigenvalue weighted by molar-refractivity contribution is 6.16. The fourth-order valence-corrected chi connectivity index (χ4v) is 6.40. The first-order chi connectivity index (χ1) is 22.8. The molecule has 4 heteroatoms. The van der Waals surface area contributed by atoms with Gasteiger partial charge in [0.15, 0.2) is 0 Å². The number of aromatic nitrogens is 4. The number of benzene rings is 5. The highest BCUT2D eigenvalue weighted by Gasteiger charge is 2.15. The lowest BCUT2D eigenvalue weighted by Crippen LogP contribution is -1.93. The van der Waals surface area contributed by atoms with E-state index in [1.165, 1.54) is 11.1 Å². The summed E-state index contributed by atoms with van der Waals surface area (Å²) in [5.41, 5.74) is 13.3. The van der Waals surface area contributed by atoms with Crippen molar-refractivity contribution in [3.05, 3.63) is 158 Å². The molecule has 46 heavy (non-hydrogen) atoms. The zero-order valence-corrected chi connectivity index (χ0v) is 24.8. The SMILES string of the molecule is c1ccc(-c2c3ccccc3nc3c2ccc2ccc(-c4ccc(-c5ccc(-c6ccc7ncccc7n6)cc5)cc4)nc23)cc1. The summed E-state index contributed by atoms with van der Waals surface area (Å²) in [5, 5.41) is 3.33. The number of hydrogen-bond donors (Lipinski definition) is 0. The molecule has 0 spiro atoms. The first kappa shape index (κ1) is 26.2. The van der Waals surface area contributed by atoms with Gasteiger partial charge in [0.05, 0.1) is 39.0 Å². The van der Waals surface area contributed by atoms with Crippen LogP contribution in [0.25, 0.3) is 88.5 Å². The van der Waals surface area contributed by atoms with E-state index in [1.807, 2.05) is 30.3 Å². The van der Waals surface area contributed by atoms with Gasteiger partial charge in [-0.05, 0) is 53.1 Å². The van der Waals surface area contributed by atoms with Gasteiger partial charge in [0.1, 0.15) is 0 Å². The smallest absolute Gasteiger partial charge is 0.0978 e. The Kier molecular flexibility index (Phi) is 6.10. The van der Waals surface area contributed by atoms with Crippen LogP contribution in [0.1, 0.15) is 0 Å². The molecule has 9 rings (SSSR count). The first-order valence-electron chi connectivity index (χ1n) is 15.4. The van der Waals surface area contributed by atoms with Crippen molar-refractivity contribution in [3.63, 3.8) is 0 Å². The fraction of sp³-hybridized carbons (Fsp3) is 0. The Morgan fingerprint density at radius 2 is 0.957 bits per heavy atom. The predicted molar refractivity (Wildman–Crippen MR) is 189 cm³/mol. The van der Waals surface area contributed by atoms with Crippen molar-refractivity contribution in [2.24, 2.45) is 0 Å². The zero-order chi connectivity index (χ0) is 30.5. The number of nitrogens with zero attached hydrogens (tertiary/aromatic N) is 4. The average Bonchev–Trinajstić information content (AvgIpc) is 3.14. The molecule has 0 radical (unpaired) electrons. The minimum atomic E-state index is 0.899. The lowest BCUT2D eigenvalue weighted by atomic mass is 9.95. The molecule has 4 aromatic heterocycles. The van der Waals surface area contributed by atoms with Crippen LogP contribution in [0.3, 0.4) is 0 Å². The van der Waals surface area contributed by atoms with E-state index in [1.54, 1.807) is 6.20 Å². The molecule has 0 aliphatic carbocycles. The molecule has 9 aromatic rings. The van der Waals surface area contributed by atoms with Crippen molar-refractivity contribution in [2.45, 2.75) is 0 Å². The molecule has 0 aliphatic heterocycles. The van der Waals surface area contributed by atoms with E-state index in [2.05, 4.69) is 126 Å². The normalized spacial score (nSPS) is 11.5. The topological polar surface area (TPSA) is 51.6 Å². The van der Waals surface area contributed by atoms with E-state index in [4.69, 9.17) is 15.0 Å². The fourth-order valence-electron chi connectivity index (χ4n) is 6.40. The van der Waals surface area contributed by atoms with E-state index in [0.717, 1.165) is 77.4 Å². The molecule has 0 aliphatic rings. The summed E-state index contributed by atoms with van der Waals surface area (Å²) < 4.78 is 0. The molecule has 0 saturated carbocycles. The van der Waals surface area contributed by atoms with Crippen LogP contribution >= 0.6 is 0 Å². The van der Waals surface area contributed by atoms with Crippen molar-refractivity contribution >= 4 is 43.7 Å². The largest absolute Gasteiger partial charge is 0.255 e. The third-order valence-electron chi connectivity index (χ3n) is 8.72. The maximum absolute atomic E-state index is 5.21. The van der Waals surface area contributed by atoms with E-state index in [9.17, 15) is 0 Å². The number of para-hydroxylation sites is 1. The van der Waals surface area contributed by atoms with Crippen LogP contribution in [0, 0.1) is 0 Å². The Bertz CT molecular complexity index is 2560. The Labute approximate surface area is 265 Å². The molecular weight excluding hydrogens is 560 g/mol. The molecule has 0 unspecified atom stereocenters. The molecule has 0 amide bonds. The predicted octanol–water partition coefficient (Wildman–Crippen LogP) is 10.5. The molecule has 4 nitrogen and oxygen atoms in total. The quantitative estimate of drug-likeness (QED) is 0.152. The van der Waals surface area contributed by atoms with Crippen molar-refractivity contribution in [1.82, 2.24) is 19.9 Å². The Morgan fingerprint density at radius 3 is 1.74 bits per heavy atom. The van der Waals surface area contributed by atoms with Crippen molar-refractivity contribution in [1.29, 1.82) is 0 Å². The van der Waals surface area contributed by atoms with Crippen LogP contribution in [0.5, 0.6) is 0 Å². The summed E-state index contributed by atoms with van der Waals surface area (Å²) in [5.74, 6) is 0. The van der Waals surface area contributed by atoms with Crippen LogP contribution in [-0.4, -0.2) is 19.9 Å². The lowest BCUT2D eigenvalue weighted by molar-refractivity contribution is 1.33. The van der Waals surface area contributed by atoms with Crippen LogP contribution in [-0.2, 0) is 0 Å².